The molecule has 1 amide bonds. The van der Waals surface area contributed by atoms with Gasteiger partial charge >= 0.3 is 0 Å². The highest BCUT2D eigenvalue weighted by atomic mass is 35.5. The number of H-pyrrole nitrogens is 1. The molecule has 3 aromatic rings. The Morgan fingerprint density at radius 3 is 2.78 bits per heavy atom. The van der Waals surface area contributed by atoms with Crippen LogP contribution in [0.4, 0.5) is 0 Å². The van der Waals surface area contributed by atoms with E-state index in [9.17, 15) is 4.79 Å². The van der Waals surface area contributed by atoms with E-state index >= 15 is 0 Å². The highest BCUT2D eigenvalue weighted by Crippen LogP contribution is 2.26. The van der Waals surface area contributed by atoms with Crippen LogP contribution in [0, 0.1) is 0 Å². The van der Waals surface area contributed by atoms with Gasteiger partial charge < -0.3 is 10.3 Å². The molecule has 0 aliphatic rings. The lowest BCUT2D eigenvalue weighted by molar-refractivity contribution is -0.118. The molecule has 1 heterocycles. The molecule has 0 spiro atoms. The Hall–Kier alpha value is -1.98. The van der Waals surface area contributed by atoms with E-state index in [-0.39, 0.29) is 5.91 Å². The molecule has 118 valence electrons. The zero-order chi connectivity index (χ0) is 16.1. The molecular formula is C17H16ClN3OS. The third-order valence-corrected chi connectivity index (χ3v) is 4.83. The largest absolute Gasteiger partial charge is 0.355 e. The zero-order valence-corrected chi connectivity index (χ0v) is 14.0. The number of para-hydroxylation sites is 2. The van der Waals surface area contributed by atoms with Gasteiger partial charge in [0.15, 0.2) is 0 Å². The Morgan fingerprint density at radius 1 is 1.17 bits per heavy atom. The molecule has 6 heteroatoms. The van der Waals surface area contributed by atoms with Crippen molar-refractivity contribution in [2.45, 2.75) is 11.3 Å². The minimum atomic E-state index is -0.00830. The third-order valence-electron chi connectivity index (χ3n) is 3.32. The molecule has 0 unspecified atom stereocenters. The topological polar surface area (TPSA) is 57.8 Å². The summed E-state index contributed by atoms with van der Waals surface area (Å²) in [7, 11) is 0. The van der Waals surface area contributed by atoms with Gasteiger partial charge in [-0.3, -0.25) is 4.79 Å². The number of carbonyl (C=O) groups excluding carboxylic acids is 1. The Bertz CT molecular complexity index is 785. The van der Waals surface area contributed by atoms with Gasteiger partial charge in [-0.15, -0.1) is 11.8 Å². The van der Waals surface area contributed by atoms with Gasteiger partial charge in [0.1, 0.15) is 5.82 Å². The number of imidazole rings is 1. The summed E-state index contributed by atoms with van der Waals surface area (Å²) in [6.45, 7) is 0.557. The quantitative estimate of drug-likeness (QED) is 0.670. The number of fused-ring (bicyclic) bond motifs is 1. The van der Waals surface area contributed by atoms with E-state index in [2.05, 4.69) is 15.3 Å². The van der Waals surface area contributed by atoms with Crippen molar-refractivity contribution in [3.8, 4) is 0 Å². The average Bonchev–Trinajstić information content (AvgIpc) is 2.97. The minimum Gasteiger partial charge on any atom is -0.355 e. The molecule has 3 rings (SSSR count). The summed E-state index contributed by atoms with van der Waals surface area (Å²) in [5.74, 6) is 1.22. The minimum absolute atomic E-state index is 0.00830. The van der Waals surface area contributed by atoms with E-state index in [0.29, 0.717) is 23.7 Å². The lowest BCUT2D eigenvalue weighted by Crippen LogP contribution is -2.27. The number of aromatic amines is 1. The molecule has 0 saturated carbocycles. The lowest BCUT2D eigenvalue weighted by Gasteiger charge is -2.05. The molecule has 2 aromatic carbocycles. The van der Waals surface area contributed by atoms with Gasteiger partial charge in [-0.1, -0.05) is 35.9 Å². The van der Waals surface area contributed by atoms with Gasteiger partial charge in [0.05, 0.1) is 21.8 Å². The fourth-order valence-electron chi connectivity index (χ4n) is 2.20. The Kier molecular flexibility index (Phi) is 5.20. The fraction of sp³-hybridized carbons (Fsp3) is 0.176. The molecule has 0 radical (unpaired) electrons. The highest BCUT2D eigenvalue weighted by Gasteiger charge is 2.06. The summed E-state index contributed by atoms with van der Waals surface area (Å²) in [5.41, 5.74) is 1.96. The smallest absolute Gasteiger partial charge is 0.230 e. The Balaban J connectivity index is 1.45. The number of rotatable bonds is 6. The fourth-order valence-corrected chi connectivity index (χ4v) is 3.27. The van der Waals surface area contributed by atoms with Crippen LogP contribution in [0.5, 0.6) is 0 Å². The van der Waals surface area contributed by atoms with Gasteiger partial charge in [0.25, 0.3) is 0 Å². The second-order valence-electron chi connectivity index (χ2n) is 5.02. The summed E-state index contributed by atoms with van der Waals surface area (Å²) in [5, 5.41) is 3.58. The summed E-state index contributed by atoms with van der Waals surface area (Å²) < 4.78 is 0. The van der Waals surface area contributed by atoms with Crippen molar-refractivity contribution in [3.63, 3.8) is 0 Å². The maximum absolute atomic E-state index is 11.9. The number of hydrogen-bond donors (Lipinski definition) is 2. The number of thioether (sulfide) groups is 1. The van der Waals surface area contributed by atoms with E-state index in [4.69, 9.17) is 11.6 Å². The number of carbonyl (C=O) groups is 1. The van der Waals surface area contributed by atoms with Crippen molar-refractivity contribution in [3.05, 3.63) is 59.4 Å². The average molecular weight is 346 g/mol. The molecule has 1 aromatic heterocycles. The molecule has 23 heavy (non-hydrogen) atoms. The molecule has 0 atom stereocenters. The van der Waals surface area contributed by atoms with Crippen LogP contribution in [0.25, 0.3) is 11.0 Å². The number of aromatic nitrogens is 2. The van der Waals surface area contributed by atoms with Crippen LogP contribution in [0.1, 0.15) is 5.82 Å². The maximum atomic E-state index is 11.9. The second kappa shape index (κ2) is 7.53. The second-order valence-corrected chi connectivity index (χ2v) is 6.44. The van der Waals surface area contributed by atoms with Crippen molar-refractivity contribution in [1.29, 1.82) is 0 Å². The summed E-state index contributed by atoms with van der Waals surface area (Å²) >= 11 is 7.50. The monoisotopic (exact) mass is 345 g/mol. The molecule has 4 nitrogen and oxygen atoms in total. The molecule has 0 saturated heterocycles. The Morgan fingerprint density at radius 2 is 1.96 bits per heavy atom. The van der Waals surface area contributed by atoms with Gasteiger partial charge in [-0.2, -0.15) is 0 Å². The zero-order valence-electron chi connectivity index (χ0n) is 12.4. The van der Waals surface area contributed by atoms with E-state index < -0.39 is 0 Å². The summed E-state index contributed by atoms with van der Waals surface area (Å²) in [4.78, 5) is 20.5. The van der Waals surface area contributed by atoms with E-state index in [1.54, 1.807) is 0 Å². The van der Waals surface area contributed by atoms with Gasteiger partial charge in [-0.25, -0.2) is 4.98 Å². The SMILES string of the molecule is O=C(CSc1ccccc1Cl)NCCc1nc2ccccc2[nH]1. The van der Waals surface area contributed by atoms with Crippen LogP contribution < -0.4 is 5.32 Å². The van der Waals surface area contributed by atoms with E-state index in [0.717, 1.165) is 21.8 Å². The van der Waals surface area contributed by atoms with Gasteiger partial charge in [0.2, 0.25) is 5.91 Å². The predicted octanol–water partition coefficient (Wildman–Crippen LogP) is 3.67. The van der Waals surface area contributed by atoms with Crippen LogP contribution in [-0.2, 0) is 11.2 Å². The Labute approximate surface area is 143 Å². The number of nitrogens with one attached hydrogen (secondary N) is 2. The first-order chi connectivity index (χ1) is 11.2. The first-order valence-electron chi connectivity index (χ1n) is 7.30. The summed E-state index contributed by atoms with van der Waals surface area (Å²) in [6, 6.07) is 15.4. The van der Waals surface area contributed by atoms with Crippen molar-refractivity contribution >= 4 is 40.3 Å². The van der Waals surface area contributed by atoms with Crippen LogP contribution in [0.15, 0.2) is 53.4 Å². The molecular weight excluding hydrogens is 330 g/mol. The number of hydrogen-bond acceptors (Lipinski definition) is 3. The van der Waals surface area contributed by atoms with Crippen LogP contribution in [0.2, 0.25) is 5.02 Å². The molecule has 0 bridgehead atoms. The molecule has 0 aliphatic heterocycles. The van der Waals surface area contributed by atoms with E-state index in [1.807, 2.05) is 48.5 Å². The normalized spacial score (nSPS) is 10.8. The lowest BCUT2D eigenvalue weighted by atomic mass is 10.3. The highest BCUT2D eigenvalue weighted by molar-refractivity contribution is 8.00. The van der Waals surface area contributed by atoms with Crippen LogP contribution >= 0.6 is 23.4 Å². The van der Waals surface area contributed by atoms with Crippen molar-refractivity contribution in [1.82, 2.24) is 15.3 Å². The first-order valence-corrected chi connectivity index (χ1v) is 8.66. The standard InChI is InChI=1S/C17H16ClN3OS/c18-12-5-1-4-8-15(12)23-11-17(22)19-10-9-16-20-13-6-2-3-7-14(13)21-16/h1-8H,9-11H2,(H,19,22)(H,20,21). The number of amides is 1. The van der Waals surface area contributed by atoms with E-state index in [1.165, 1.54) is 11.8 Å². The van der Waals surface area contributed by atoms with Crippen LogP contribution in [0.3, 0.4) is 0 Å². The van der Waals surface area contributed by atoms with Gasteiger partial charge in [-0.05, 0) is 24.3 Å². The molecule has 0 fully saturated rings. The van der Waals surface area contributed by atoms with Crippen LogP contribution in [-0.4, -0.2) is 28.2 Å². The van der Waals surface area contributed by atoms with Crippen molar-refractivity contribution in [2.75, 3.05) is 12.3 Å². The number of nitrogens with zero attached hydrogens (tertiary/aromatic N) is 1. The molecule has 0 aliphatic carbocycles. The van der Waals surface area contributed by atoms with Crippen molar-refractivity contribution < 1.29 is 4.79 Å². The first kappa shape index (κ1) is 15.9. The third kappa shape index (κ3) is 4.27. The number of benzene rings is 2. The summed E-state index contributed by atoms with van der Waals surface area (Å²) in [6.07, 6.45) is 0.678. The maximum Gasteiger partial charge on any atom is 0.230 e. The molecule has 2 N–H and O–H groups in total. The predicted molar refractivity (Wildman–Crippen MR) is 95.0 cm³/mol. The number of halogens is 1. The van der Waals surface area contributed by atoms with Gasteiger partial charge in [0, 0.05) is 17.9 Å². The van der Waals surface area contributed by atoms with Crippen molar-refractivity contribution in [2.24, 2.45) is 0 Å².